The molecule has 0 amide bonds. The third kappa shape index (κ3) is 4.55. The number of aryl methyl sites for hydroxylation is 1. The molecule has 0 saturated heterocycles. The number of carbonyl (C=O) groups is 1. The van der Waals surface area contributed by atoms with Crippen LogP contribution >= 0.6 is 0 Å². The number of esters is 1. The SMILES string of the molecule is CCCCOc1ccccc1C(=O)Oc1ccc2c(c1)OC(N)=C(C#N)C2c1ccc(C)o1. The Morgan fingerprint density at radius 2 is 2.00 bits per heavy atom. The van der Waals surface area contributed by atoms with E-state index in [1.165, 1.54) is 0 Å². The zero-order chi connectivity index (χ0) is 23.4. The third-order valence-electron chi connectivity index (χ3n) is 5.31. The number of benzene rings is 2. The predicted octanol–water partition coefficient (Wildman–Crippen LogP) is 5.20. The van der Waals surface area contributed by atoms with E-state index in [2.05, 4.69) is 13.0 Å². The highest BCUT2D eigenvalue weighted by Gasteiger charge is 2.33. The molecule has 2 heterocycles. The number of hydrogen-bond acceptors (Lipinski definition) is 7. The molecule has 168 valence electrons. The van der Waals surface area contributed by atoms with Crippen molar-refractivity contribution in [2.45, 2.75) is 32.6 Å². The summed E-state index contributed by atoms with van der Waals surface area (Å²) in [6.07, 6.45) is 1.88. The molecular formula is C26H24N2O5. The van der Waals surface area contributed by atoms with Gasteiger partial charge in [0, 0.05) is 11.6 Å². The van der Waals surface area contributed by atoms with Gasteiger partial charge in [0.1, 0.15) is 46.0 Å². The first-order valence-electron chi connectivity index (χ1n) is 10.7. The largest absolute Gasteiger partial charge is 0.493 e. The van der Waals surface area contributed by atoms with E-state index in [4.69, 9.17) is 24.4 Å². The van der Waals surface area contributed by atoms with Gasteiger partial charge in [-0.25, -0.2) is 4.79 Å². The summed E-state index contributed by atoms with van der Waals surface area (Å²) in [6.45, 7) is 4.42. The number of nitrogens with two attached hydrogens (primary N) is 1. The van der Waals surface area contributed by atoms with Gasteiger partial charge in [-0.15, -0.1) is 0 Å². The molecule has 33 heavy (non-hydrogen) atoms. The lowest BCUT2D eigenvalue weighted by molar-refractivity contribution is 0.0730. The summed E-state index contributed by atoms with van der Waals surface area (Å²) in [6, 6.07) is 17.7. The summed E-state index contributed by atoms with van der Waals surface area (Å²) >= 11 is 0. The summed E-state index contributed by atoms with van der Waals surface area (Å²) in [5.41, 5.74) is 7.32. The van der Waals surface area contributed by atoms with Crippen LogP contribution in [-0.2, 0) is 0 Å². The quantitative estimate of drug-likeness (QED) is 0.303. The minimum atomic E-state index is -0.544. The van der Waals surface area contributed by atoms with Crippen LogP contribution in [0.3, 0.4) is 0 Å². The van der Waals surface area contributed by atoms with Crippen molar-refractivity contribution >= 4 is 5.97 Å². The van der Waals surface area contributed by atoms with Crippen molar-refractivity contribution in [3.8, 4) is 23.3 Å². The van der Waals surface area contributed by atoms with Crippen molar-refractivity contribution < 1.29 is 23.4 Å². The predicted molar refractivity (Wildman–Crippen MR) is 121 cm³/mol. The lowest BCUT2D eigenvalue weighted by Gasteiger charge is -2.25. The molecular weight excluding hydrogens is 420 g/mol. The number of unbranched alkanes of at least 4 members (excludes halogenated alkanes) is 1. The van der Waals surface area contributed by atoms with Gasteiger partial charge in [-0.05, 0) is 43.7 Å². The summed E-state index contributed by atoms with van der Waals surface area (Å²) in [4.78, 5) is 12.9. The topological polar surface area (TPSA) is 108 Å². The number of allylic oxidation sites excluding steroid dienone is 1. The van der Waals surface area contributed by atoms with Crippen LogP contribution in [0.4, 0.5) is 0 Å². The van der Waals surface area contributed by atoms with Crippen molar-refractivity contribution in [3.63, 3.8) is 0 Å². The highest BCUT2D eigenvalue weighted by atomic mass is 16.5. The number of nitriles is 1. The van der Waals surface area contributed by atoms with Crippen LogP contribution in [-0.4, -0.2) is 12.6 Å². The van der Waals surface area contributed by atoms with E-state index in [1.807, 2.05) is 25.1 Å². The van der Waals surface area contributed by atoms with E-state index in [0.717, 1.165) is 18.6 Å². The second-order valence-electron chi connectivity index (χ2n) is 7.66. The van der Waals surface area contributed by atoms with Gasteiger partial charge in [0.2, 0.25) is 5.88 Å². The van der Waals surface area contributed by atoms with Crippen molar-refractivity contribution in [2.75, 3.05) is 6.61 Å². The van der Waals surface area contributed by atoms with Gasteiger partial charge in [-0.1, -0.05) is 31.5 Å². The molecule has 7 nitrogen and oxygen atoms in total. The Morgan fingerprint density at radius 1 is 1.18 bits per heavy atom. The summed E-state index contributed by atoms with van der Waals surface area (Å²) in [7, 11) is 0. The number of ether oxygens (including phenoxy) is 3. The molecule has 0 bridgehead atoms. The highest BCUT2D eigenvalue weighted by Crippen LogP contribution is 2.43. The molecule has 0 fully saturated rings. The average Bonchev–Trinajstić information content (AvgIpc) is 3.24. The zero-order valence-corrected chi connectivity index (χ0v) is 18.5. The molecule has 0 aliphatic carbocycles. The van der Waals surface area contributed by atoms with Gasteiger partial charge in [-0.2, -0.15) is 5.26 Å². The Hall–Kier alpha value is -4.18. The van der Waals surface area contributed by atoms with Crippen LogP contribution in [0.5, 0.6) is 17.2 Å². The van der Waals surface area contributed by atoms with E-state index in [-0.39, 0.29) is 17.2 Å². The zero-order valence-electron chi connectivity index (χ0n) is 18.5. The Balaban J connectivity index is 1.61. The first-order chi connectivity index (χ1) is 16.0. The highest BCUT2D eigenvalue weighted by molar-refractivity contribution is 5.94. The second kappa shape index (κ2) is 9.53. The number of furan rings is 1. The maximum Gasteiger partial charge on any atom is 0.347 e. The minimum absolute atomic E-state index is 0.0119. The molecule has 1 aliphatic heterocycles. The number of rotatable bonds is 7. The Morgan fingerprint density at radius 3 is 2.73 bits per heavy atom. The number of fused-ring (bicyclic) bond motifs is 1. The molecule has 1 atom stereocenters. The van der Waals surface area contributed by atoms with Crippen LogP contribution in [0.15, 0.2) is 70.5 Å². The van der Waals surface area contributed by atoms with Crippen molar-refractivity contribution in [1.29, 1.82) is 5.26 Å². The Labute approximate surface area is 192 Å². The number of carbonyl (C=O) groups excluding carboxylic acids is 1. The molecule has 1 unspecified atom stereocenters. The van der Waals surface area contributed by atoms with Crippen molar-refractivity contribution in [1.82, 2.24) is 0 Å². The fourth-order valence-electron chi connectivity index (χ4n) is 3.65. The third-order valence-corrected chi connectivity index (χ3v) is 5.31. The Bertz CT molecular complexity index is 1250. The van der Waals surface area contributed by atoms with E-state index < -0.39 is 11.9 Å². The molecule has 2 N–H and O–H groups in total. The van der Waals surface area contributed by atoms with Gasteiger partial charge in [0.25, 0.3) is 0 Å². The van der Waals surface area contributed by atoms with Gasteiger partial charge in [0.05, 0.1) is 12.5 Å². The van der Waals surface area contributed by atoms with E-state index in [1.54, 1.807) is 36.4 Å². The Kier molecular flexibility index (Phi) is 6.36. The number of hydrogen-bond donors (Lipinski definition) is 1. The second-order valence-corrected chi connectivity index (χ2v) is 7.66. The van der Waals surface area contributed by atoms with Gasteiger partial charge >= 0.3 is 5.97 Å². The molecule has 0 saturated carbocycles. The maximum absolute atomic E-state index is 12.9. The van der Waals surface area contributed by atoms with Gasteiger partial charge < -0.3 is 24.4 Å². The van der Waals surface area contributed by atoms with E-state index >= 15 is 0 Å². The van der Waals surface area contributed by atoms with Gasteiger partial charge in [0.15, 0.2) is 0 Å². The van der Waals surface area contributed by atoms with E-state index in [9.17, 15) is 10.1 Å². The molecule has 2 aromatic carbocycles. The smallest absolute Gasteiger partial charge is 0.347 e. The molecule has 1 aliphatic rings. The van der Waals surface area contributed by atoms with Crippen LogP contribution in [0.2, 0.25) is 0 Å². The standard InChI is InChI=1S/C26H24N2O5/c1-3-4-13-30-21-8-6-5-7-19(21)26(29)32-17-10-11-18-23(14-17)33-25(28)20(15-27)24(18)22-12-9-16(2)31-22/h5-12,14,24H,3-4,13,28H2,1-2H3. The monoisotopic (exact) mass is 444 g/mol. The lowest BCUT2D eigenvalue weighted by Crippen LogP contribution is -2.21. The number of para-hydroxylation sites is 1. The van der Waals surface area contributed by atoms with Crippen LogP contribution < -0.4 is 19.9 Å². The lowest BCUT2D eigenvalue weighted by atomic mass is 9.87. The summed E-state index contributed by atoms with van der Waals surface area (Å²) < 4.78 is 22.8. The van der Waals surface area contributed by atoms with E-state index in [0.29, 0.717) is 35.0 Å². The fourth-order valence-corrected chi connectivity index (χ4v) is 3.65. The minimum Gasteiger partial charge on any atom is -0.493 e. The first-order valence-corrected chi connectivity index (χ1v) is 10.7. The van der Waals surface area contributed by atoms with Crippen molar-refractivity contribution in [2.24, 2.45) is 5.73 Å². The van der Waals surface area contributed by atoms with Crippen LogP contribution in [0.25, 0.3) is 0 Å². The summed E-state index contributed by atoms with van der Waals surface area (Å²) in [5.74, 6) is 1.39. The molecule has 1 aromatic heterocycles. The molecule has 0 radical (unpaired) electrons. The van der Waals surface area contributed by atoms with Crippen LogP contribution in [0.1, 0.15) is 53.1 Å². The normalized spacial score (nSPS) is 14.8. The molecule has 4 rings (SSSR count). The number of nitrogens with zero attached hydrogens (tertiary/aromatic N) is 1. The molecule has 0 spiro atoms. The summed E-state index contributed by atoms with van der Waals surface area (Å²) in [5, 5.41) is 9.64. The van der Waals surface area contributed by atoms with Gasteiger partial charge in [-0.3, -0.25) is 0 Å². The maximum atomic E-state index is 12.9. The first kappa shape index (κ1) is 22.0. The molecule has 7 heteroatoms. The fraction of sp³-hybridized carbons (Fsp3) is 0.231. The molecule has 3 aromatic rings. The van der Waals surface area contributed by atoms with Crippen LogP contribution in [0, 0.1) is 18.3 Å². The van der Waals surface area contributed by atoms with Crippen molar-refractivity contribution in [3.05, 3.63) is 88.7 Å². The average molecular weight is 444 g/mol.